The highest BCUT2D eigenvalue weighted by molar-refractivity contribution is 5.95. The molecule has 0 saturated carbocycles. The maximum Gasteiger partial charge on any atom is 0.164 e. The van der Waals surface area contributed by atoms with Crippen molar-refractivity contribution in [2.75, 3.05) is 0 Å². The summed E-state index contributed by atoms with van der Waals surface area (Å²) in [5.74, 6) is 0.146. The topological polar surface area (TPSA) is 30.0 Å². The van der Waals surface area contributed by atoms with E-state index in [0.29, 0.717) is 12.0 Å². The van der Waals surface area contributed by atoms with Gasteiger partial charge in [0.2, 0.25) is 0 Å². The van der Waals surface area contributed by atoms with Crippen LogP contribution in [-0.4, -0.2) is 10.8 Å². The van der Waals surface area contributed by atoms with E-state index in [1.165, 1.54) is 0 Å². The summed E-state index contributed by atoms with van der Waals surface area (Å²) in [5, 5.41) is 0. The van der Waals surface area contributed by atoms with Gasteiger partial charge < -0.3 is 0 Å². The monoisotopic (exact) mass is 165 g/mol. The molecule has 0 fully saturated rings. The third-order valence-corrected chi connectivity index (χ3v) is 1.30. The molecule has 12 heavy (non-hydrogen) atoms. The Labute approximate surface area is 73.6 Å². The van der Waals surface area contributed by atoms with Crippen LogP contribution >= 0.6 is 0 Å². The first-order chi connectivity index (χ1) is 5.84. The lowest BCUT2D eigenvalue weighted by Crippen LogP contribution is -1.95. The number of Topliss-reactive ketones (excluding diaryl/α,β-unsaturated/α-hetero) is 1. The van der Waals surface area contributed by atoms with Gasteiger partial charge in [0.1, 0.15) is 0 Å². The molecule has 1 heterocycles. The van der Waals surface area contributed by atoms with E-state index in [-0.39, 0.29) is 5.78 Å². The van der Waals surface area contributed by atoms with Gasteiger partial charge in [-0.2, -0.15) is 0 Å². The molecule has 0 aromatic carbocycles. The molecule has 2 nitrogen and oxygen atoms in total. The van der Waals surface area contributed by atoms with Crippen LogP contribution in [0.4, 0.5) is 0 Å². The summed E-state index contributed by atoms with van der Waals surface area (Å²) in [6.45, 7) is 5.84. The SMILES string of the molecule is CC.CCC(=O)c1cccnc1. The van der Waals surface area contributed by atoms with Crippen LogP contribution in [0.3, 0.4) is 0 Å². The first-order valence-corrected chi connectivity index (χ1v) is 4.28. The van der Waals surface area contributed by atoms with Crippen molar-refractivity contribution in [3.63, 3.8) is 0 Å². The zero-order valence-electron chi connectivity index (χ0n) is 7.87. The molecule has 0 bridgehead atoms. The van der Waals surface area contributed by atoms with Crippen molar-refractivity contribution in [1.29, 1.82) is 0 Å². The van der Waals surface area contributed by atoms with Crippen LogP contribution in [0.5, 0.6) is 0 Å². The van der Waals surface area contributed by atoms with Gasteiger partial charge in [-0.1, -0.05) is 20.8 Å². The molecule has 0 aliphatic carbocycles. The third kappa shape index (κ3) is 3.28. The Morgan fingerprint density at radius 1 is 1.50 bits per heavy atom. The predicted octanol–water partition coefficient (Wildman–Crippen LogP) is 2.70. The predicted molar refractivity (Wildman–Crippen MR) is 50.2 cm³/mol. The number of carbonyl (C=O) groups is 1. The van der Waals surface area contributed by atoms with Gasteiger partial charge in [0.25, 0.3) is 0 Å². The van der Waals surface area contributed by atoms with Gasteiger partial charge in [-0.25, -0.2) is 0 Å². The number of nitrogens with zero attached hydrogens (tertiary/aromatic N) is 1. The average molecular weight is 165 g/mol. The maximum absolute atomic E-state index is 11.0. The standard InChI is InChI=1S/C8H9NO.C2H6/c1-2-8(10)7-4-3-5-9-6-7;1-2/h3-6H,2H2,1H3;1-2H3. The van der Waals surface area contributed by atoms with Crippen molar-refractivity contribution >= 4 is 5.78 Å². The number of pyridine rings is 1. The zero-order chi connectivity index (χ0) is 9.40. The molecule has 0 saturated heterocycles. The van der Waals surface area contributed by atoms with Crippen molar-refractivity contribution in [2.24, 2.45) is 0 Å². The quantitative estimate of drug-likeness (QED) is 0.631. The molecule has 0 radical (unpaired) electrons. The molecular weight excluding hydrogens is 150 g/mol. The second kappa shape index (κ2) is 6.53. The number of ketones is 1. The molecule has 0 aliphatic rings. The molecule has 66 valence electrons. The third-order valence-electron chi connectivity index (χ3n) is 1.30. The highest BCUT2D eigenvalue weighted by Crippen LogP contribution is 1.98. The van der Waals surface area contributed by atoms with Gasteiger partial charge in [0, 0.05) is 24.4 Å². The van der Waals surface area contributed by atoms with E-state index in [2.05, 4.69) is 4.98 Å². The Bertz CT molecular complexity index is 219. The van der Waals surface area contributed by atoms with Gasteiger partial charge in [0.05, 0.1) is 0 Å². The van der Waals surface area contributed by atoms with Crippen molar-refractivity contribution < 1.29 is 4.79 Å². The molecule has 0 atom stereocenters. The van der Waals surface area contributed by atoms with E-state index >= 15 is 0 Å². The van der Waals surface area contributed by atoms with E-state index in [1.807, 2.05) is 20.8 Å². The van der Waals surface area contributed by atoms with Crippen molar-refractivity contribution in [1.82, 2.24) is 4.98 Å². The number of carbonyl (C=O) groups excluding carboxylic acids is 1. The first kappa shape index (κ1) is 10.8. The molecular formula is C10H15NO. The van der Waals surface area contributed by atoms with Gasteiger partial charge in [-0.3, -0.25) is 9.78 Å². The lowest BCUT2D eigenvalue weighted by molar-refractivity contribution is 0.0988. The molecule has 0 aliphatic heterocycles. The fourth-order valence-corrected chi connectivity index (χ4v) is 0.732. The summed E-state index contributed by atoms with van der Waals surface area (Å²) >= 11 is 0. The van der Waals surface area contributed by atoms with Crippen LogP contribution in [0, 0.1) is 0 Å². The largest absolute Gasteiger partial charge is 0.294 e. The summed E-state index contributed by atoms with van der Waals surface area (Å²) in [7, 11) is 0. The van der Waals surface area contributed by atoms with Crippen LogP contribution < -0.4 is 0 Å². The summed E-state index contributed by atoms with van der Waals surface area (Å²) in [6, 6.07) is 3.54. The number of aromatic nitrogens is 1. The highest BCUT2D eigenvalue weighted by atomic mass is 16.1. The second-order valence-electron chi connectivity index (χ2n) is 2.02. The average Bonchev–Trinajstić information content (AvgIpc) is 2.21. The molecule has 0 N–H and O–H groups in total. The number of hydrogen-bond donors (Lipinski definition) is 0. The molecule has 1 aromatic heterocycles. The Hall–Kier alpha value is -1.18. The minimum Gasteiger partial charge on any atom is -0.294 e. The van der Waals surface area contributed by atoms with E-state index in [1.54, 1.807) is 24.5 Å². The smallest absolute Gasteiger partial charge is 0.164 e. The molecule has 0 unspecified atom stereocenters. The summed E-state index contributed by atoms with van der Waals surface area (Å²) in [5.41, 5.74) is 0.699. The Kier molecular flexibility index (Phi) is 5.88. The zero-order valence-corrected chi connectivity index (χ0v) is 7.87. The highest BCUT2D eigenvalue weighted by Gasteiger charge is 1.99. The Balaban J connectivity index is 0.000000561. The molecule has 1 rings (SSSR count). The van der Waals surface area contributed by atoms with Crippen molar-refractivity contribution in [3.8, 4) is 0 Å². The normalized spacial score (nSPS) is 8.25. The van der Waals surface area contributed by atoms with Gasteiger partial charge in [0.15, 0.2) is 5.78 Å². The maximum atomic E-state index is 11.0. The van der Waals surface area contributed by atoms with Gasteiger partial charge >= 0.3 is 0 Å². The minimum atomic E-state index is 0.146. The van der Waals surface area contributed by atoms with E-state index < -0.39 is 0 Å². The lowest BCUT2D eigenvalue weighted by atomic mass is 10.1. The Morgan fingerprint density at radius 3 is 2.58 bits per heavy atom. The van der Waals surface area contributed by atoms with Crippen LogP contribution in [0.2, 0.25) is 0 Å². The number of rotatable bonds is 2. The van der Waals surface area contributed by atoms with Gasteiger partial charge in [-0.05, 0) is 12.1 Å². The summed E-state index contributed by atoms with van der Waals surface area (Å²) in [6.07, 6.45) is 3.80. The summed E-state index contributed by atoms with van der Waals surface area (Å²) in [4.78, 5) is 14.8. The van der Waals surface area contributed by atoms with Crippen LogP contribution in [0.25, 0.3) is 0 Å². The first-order valence-electron chi connectivity index (χ1n) is 4.28. The molecule has 1 aromatic rings. The fourth-order valence-electron chi connectivity index (χ4n) is 0.732. The van der Waals surface area contributed by atoms with Crippen molar-refractivity contribution in [3.05, 3.63) is 30.1 Å². The van der Waals surface area contributed by atoms with Crippen LogP contribution in [-0.2, 0) is 0 Å². The van der Waals surface area contributed by atoms with Crippen LogP contribution in [0.15, 0.2) is 24.5 Å². The van der Waals surface area contributed by atoms with E-state index in [4.69, 9.17) is 0 Å². The van der Waals surface area contributed by atoms with Crippen LogP contribution in [0.1, 0.15) is 37.6 Å². The molecule has 2 heteroatoms. The second-order valence-corrected chi connectivity index (χ2v) is 2.02. The van der Waals surface area contributed by atoms with Gasteiger partial charge in [-0.15, -0.1) is 0 Å². The minimum absolute atomic E-state index is 0.146. The molecule has 0 amide bonds. The van der Waals surface area contributed by atoms with Crippen molar-refractivity contribution in [2.45, 2.75) is 27.2 Å². The molecule has 0 spiro atoms. The lowest BCUT2D eigenvalue weighted by Gasteiger charge is -1.92. The van der Waals surface area contributed by atoms with E-state index in [9.17, 15) is 4.79 Å². The van der Waals surface area contributed by atoms with E-state index in [0.717, 1.165) is 0 Å². The summed E-state index contributed by atoms with van der Waals surface area (Å²) < 4.78 is 0. The fraction of sp³-hybridized carbons (Fsp3) is 0.400. The number of hydrogen-bond acceptors (Lipinski definition) is 2. The Morgan fingerprint density at radius 2 is 2.17 bits per heavy atom.